The molecule has 0 bridgehead atoms. The standard InChI is InChI=1S/C18H26ClN5O.HI/c1-20-18(23(3)14-16-12-15(19)13-22(16)2)21-9-5-7-11-24-10-6-4-8-17(24)25;/h4,6,8,10,12-13H,5,7,9,11,14H2,1-3H3,(H,20,21);1H. The maximum atomic E-state index is 11.6. The van der Waals surface area contributed by atoms with Gasteiger partial charge in [0.05, 0.1) is 11.6 Å². The summed E-state index contributed by atoms with van der Waals surface area (Å²) in [5.41, 5.74) is 1.17. The van der Waals surface area contributed by atoms with Crippen LogP contribution in [0.25, 0.3) is 0 Å². The molecule has 0 atom stereocenters. The Morgan fingerprint density at radius 1 is 1.35 bits per heavy atom. The highest BCUT2D eigenvalue weighted by Crippen LogP contribution is 2.14. The summed E-state index contributed by atoms with van der Waals surface area (Å²) in [6.45, 7) is 2.27. The molecule has 26 heavy (non-hydrogen) atoms. The van der Waals surface area contributed by atoms with E-state index in [4.69, 9.17) is 11.6 Å². The molecule has 0 aliphatic rings. The van der Waals surface area contributed by atoms with Crippen LogP contribution in [0.1, 0.15) is 18.5 Å². The van der Waals surface area contributed by atoms with Gasteiger partial charge < -0.3 is 19.4 Å². The maximum Gasteiger partial charge on any atom is 0.250 e. The van der Waals surface area contributed by atoms with E-state index in [2.05, 4.69) is 15.2 Å². The minimum absolute atomic E-state index is 0. The van der Waals surface area contributed by atoms with Gasteiger partial charge in [0.25, 0.3) is 0 Å². The third-order valence-electron chi connectivity index (χ3n) is 4.05. The Bertz CT molecular complexity index is 771. The number of hydrogen-bond donors (Lipinski definition) is 1. The van der Waals surface area contributed by atoms with Crippen LogP contribution in [0.15, 0.2) is 46.4 Å². The lowest BCUT2D eigenvalue weighted by Crippen LogP contribution is -2.39. The van der Waals surface area contributed by atoms with Crippen LogP contribution in [0.2, 0.25) is 5.02 Å². The van der Waals surface area contributed by atoms with Crippen molar-refractivity contribution in [3.05, 3.63) is 57.7 Å². The second kappa shape index (κ2) is 11.3. The van der Waals surface area contributed by atoms with Gasteiger partial charge in [0.15, 0.2) is 5.96 Å². The van der Waals surface area contributed by atoms with Gasteiger partial charge in [-0.15, -0.1) is 24.0 Å². The van der Waals surface area contributed by atoms with Crippen LogP contribution in [0.4, 0.5) is 0 Å². The van der Waals surface area contributed by atoms with Crippen molar-refractivity contribution in [2.75, 3.05) is 20.6 Å². The monoisotopic (exact) mass is 491 g/mol. The molecule has 0 saturated heterocycles. The highest BCUT2D eigenvalue weighted by atomic mass is 127. The first-order valence-electron chi connectivity index (χ1n) is 8.39. The number of pyridine rings is 1. The fourth-order valence-electron chi connectivity index (χ4n) is 2.68. The molecule has 0 aromatic carbocycles. The summed E-state index contributed by atoms with van der Waals surface area (Å²) in [5.74, 6) is 0.842. The molecular weight excluding hydrogens is 465 g/mol. The summed E-state index contributed by atoms with van der Waals surface area (Å²) in [5, 5.41) is 4.10. The Morgan fingerprint density at radius 3 is 2.73 bits per heavy atom. The van der Waals surface area contributed by atoms with Crippen LogP contribution in [-0.4, -0.2) is 40.6 Å². The van der Waals surface area contributed by atoms with Crippen molar-refractivity contribution in [1.82, 2.24) is 19.4 Å². The SMILES string of the molecule is CN=C(NCCCCn1ccccc1=O)N(C)Cc1cc(Cl)cn1C.I. The van der Waals surface area contributed by atoms with Gasteiger partial charge in [-0.2, -0.15) is 0 Å². The van der Waals surface area contributed by atoms with Gasteiger partial charge in [0.1, 0.15) is 0 Å². The number of aromatic nitrogens is 2. The van der Waals surface area contributed by atoms with Gasteiger partial charge in [-0.3, -0.25) is 9.79 Å². The van der Waals surface area contributed by atoms with Gasteiger partial charge in [-0.1, -0.05) is 17.7 Å². The number of nitrogens with one attached hydrogen (secondary N) is 1. The van der Waals surface area contributed by atoms with Crippen molar-refractivity contribution in [3.8, 4) is 0 Å². The second-order valence-electron chi connectivity index (χ2n) is 6.03. The molecule has 0 radical (unpaired) electrons. The van der Waals surface area contributed by atoms with Crippen molar-refractivity contribution in [1.29, 1.82) is 0 Å². The van der Waals surface area contributed by atoms with Crippen molar-refractivity contribution in [2.45, 2.75) is 25.9 Å². The number of aryl methyl sites for hydroxylation is 2. The number of hydrogen-bond acceptors (Lipinski definition) is 2. The minimum Gasteiger partial charge on any atom is -0.356 e. The lowest BCUT2D eigenvalue weighted by Gasteiger charge is -2.22. The molecule has 6 nitrogen and oxygen atoms in total. The first kappa shape index (κ1) is 22.6. The third kappa shape index (κ3) is 6.68. The number of unbranched alkanes of at least 4 members (excludes halogenated alkanes) is 1. The van der Waals surface area contributed by atoms with Crippen LogP contribution in [0.5, 0.6) is 0 Å². The van der Waals surface area contributed by atoms with Crippen molar-refractivity contribution >= 4 is 41.5 Å². The van der Waals surface area contributed by atoms with E-state index in [-0.39, 0.29) is 29.5 Å². The summed E-state index contributed by atoms with van der Waals surface area (Å²) in [6, 6.07) is 7.19. The summed E-state index contributed by atoms with van der Waals surface area (Å²) in [7, 11) is 5.76. The molecular formula is C18H27ClIN5O. The average molecular weight is 492 g/mol. The Balaban J connectivity index is 0.00000338. The molecule has 2 heterocycles. The molecule has 144 valence electrons. The molecule has 0 saturated carbocycles. The zero-order valence-corrected chi connectivity index (χ0v) is 18.6. The number of nitrogens with zero attached hydrogens (tertiary/aromatic N) is 4. The molecule has 0 amide bonds. The second-order valence-corrected chi connectivity index (χ2v) is 6.47. The van der Waals surface area contributed by atoms with Crippen molar-refractivity contribution < 1.29 is 0 Å². The fourth-order valence-corrected chi connectivity index (χ4v) is 2.95. The van der Waals surface area contributed by atoms with Gasteiger partial charge in [0, 0.05) is 58.4 Å². The number of halogens is 2. The third-order valence-corrected chi connectivity index (χ3v) is 4.26. The largest absolute Gasteiger partial charge is 0.356 e. The first-order valence-corrected chi connectivity index (χ1v) is 8.77. The molecule has 0 aliphatic heterocycles. The normalized spacial score (nSPS) is 11.2. The minimum atomic E-state index is 0. The number of guanidine groups is 1. The van der Waals surface area contributed by atoms with E-state index < -0.39 is 0 Å². The van der Waals surface area contributed by atoms with Crippen LogP contribution in [0, 0.1) is 0 Å². The molecule has 2 rings (SSSR count). The molecule has 0 spiro atoms. The van der Waals surface area contributed by atoms with E-state index >= 15 is 0 Å². The van der Waals surface area contributed by atoms with E-state index in [9.17, 15) is 4.79 Å². The number of aliphatic imine (C=N–C) groups is 1. The lowest BCUT2D eigenvalue weighted by atomic mass is 10.3. The Labute approximate surface area is 176 Å². The van der Waals surface area contributed by atoms with Gasteiger partial charge in [-0.25, -0.2) is 0 Å². The van der Waals surface area contributed by atoms with Crippen LogP contribution < -0.4 is 10.9 Å². The Morgan fingerprint density at radius 2 is 2.12 bits per heavy atom. The molecule has 0 aliphatic carbocycles. The summed E-state index contributed by atoms with van der Waals surface area (Å²) >= 11 is 6.03. The highest BCUT2D eigenvalue weighted by Gasteiger charge is 2.09. The van der Waals surface area contributed by atoms with E-state index in [0.717, 1.165) is 49.2 Å². The zero-order valence-electron chi connectivity index (χ0n) is 15.5. The van der Waals surface area contributed by atoms with Gasteiger partial charge >= 0.3 is 0 Å². The predicted octanol–water partition coefficient (Wildman–Crippen LogP) is 2.95. The maximum absolute atomic E-state index is 11.6. The van der Waals surface area contributed by atoms with Gasteiger partial charge in [0.2, 0.25) is 5.56 Å². The summed E-state index contributed by atoms with van der Waals surface area (Å²) in [4.78, 5) is 18.0. The highest BCUT2D eigenvalue weighted by molar-refractivity contribution is 14.0. The number of rotatable bonds is 7. The van der Waals surface area contributed by atoms with E-state index in [1.54, 1.807) is 23.7 Å². The average Bonchev–Trinajstić information content (AvgIpc) is 2.89. The molecule has 1 N–H and O–H groups in total. The van der Waals surface area contributed by atoms with Crippen molar-refractivity contribution in [3.63, 3.8) is 0 Å². The Kier molecular flexibility index (Phi) is 9.79. The fraction of sp³-hybridized carbons (Fsp3) is 0.444. The van der Waals surface area contributed by atoms with Gasteiger partial charge in [-0.05, 0) is 25.0 Å². The van der Waals surface area contributed by atoms with Crippen LogP contribution >= 0.6 is 35.6 Å². The lowest BCUT2D eigenvalue weighted by molar-refractivity contribution is 0.459. The molecule has 0 fully saturated rings. The zero-order chi connectivity index (χ0) is 18.2. The van der Waals surface area contributed by atoms with Crippen LogP contribution in [-0.2, 0) is 20.1 Å². The van der Waals surface area contributed by atoms with E-state index in [1.165, 1.54) is 0 Å². The smallest absolute Gasteiger partial charge is 0.250 e. The summed E-state index contributed by atoms with van der Waals surface area (Å²) < 4.78 is 3.75. The molecule has 2 aromatic rings. The molecule has 2 aromatic heterocycles. The van der Waals surface area contributed by atoms with E-state index in [1.807, 2.05) is 43.2 Å². The van der Waals surface area contributed by atoms with Crippen LogP contribution in [0.3, 0.4) is 0 Å². The summed E-state index contributed by atoms with van der Waals surface area (Å²) in [6.07, 6.45) is 5.62. The Hall–Kier alpha value is -1.48. The topological polar surface area (TPSA) is 54.6 Å². The molecule has 0 unspecified atom stereocenters. The first-order chi connectivity index (χ1) is 12.0. The van der Waals surface area contributed by atoms with E-state index in [0.29, 0.717) is 0 Å². The predicted molar refractivity (Wildman–Crippen MR) is 119 cm³/mol. The molecule has 8 heteroatoms. The quantitative estimate of drug-likeness (QED) is 0.280. The van der Waals surface area contributed by atoms with Crippen molar-refractivity contribution in [2.24, 2.45) is 12.0 Å².